The van der Waals surface area contributed by atoms with Crippen molar-refractivity contribution in [1.82, 2.24) is 20.2 Å². The van der Waals surface area contributed by atoms with E-state index in [2.05, 4.69) is 33.5 Å². The van der Waals surface area contributed by atoms with Crippen LogP contribution in [0, 0.1) is 0 Å². The number of benzene rings is 2. The average Bonchev–Trinajstić information content (AvgIpc) is 2.96. The molecule has 112 valence electrons. The van der Waals surface area contributed by atoms with Crippen LogP contribution in [0.25, 0.3) is 5.69 Å². The number of nitrogens with one attached hydrogen (secondary N) is 1. The fourth-order valence-corrected chi connectivity index (χ4v) is 2.15. The van der Waals surface area contributed by atoms with Crippen molar-refractivity contribution in [1.29, 1.82) is 0 Å². The molecule has 0 aliphatic heterocycles. The lowest BCUT2D eigenvalue weighted by Crippen LogP contribution is -2.09. The summed E-state index contributed by atoms with van der Waals surface area (Å²) in [4.78, 5) is 0. The zero-order valence-electron chi connectivity index (χ0n) is 11.3. The molecular weight excluding hydrogens is 322 g/mol. The number of anilines is 1. The van der Waals surface area contributed by atoms with E-state index in [-0.39, 0.29) is 0 Å². The second-order valence-electron chi connectivity index (χ2n) is 4.36. The Kier molecular flexibility index (Phi) is 4.45. The molecule has 0 radical (unpaired) electrons. The predicted molar refractivity (Wildman–Crippen MR) is 87.0 cm³/mol. The number of hydrogen-bond donors (Lipinski definition) is 2. The maximum Gasteiger partial charge on any atom is 0.211 e. The molecule has 0 aliphatic rings. The number of aromatic nitrogens is 4. The van der Waals surface area contributed by atoms with E-state index in [1.165, 1.54) is 4.68 Å². The van der Waals surface area contributed by atoms with Gasteiger partial charge in [0.1, 0.15) is 5.75 Å². The Morgan fingerprint density at radius 3 is 2.73 bits per heavy atom. The van der Waals surface area contributed by atoms with Gasteiger partial charge in [0.25, 0.3) is 0 Å². The molecule has 0 atom stereocenters. The molecule has 0 bridgehead atoms. The van der Waals surface area contributed by atoms with Crippen molar-refractivity contribution in [2.75, 3.05) is 12.0 Å². The highest BCUT2D eigenvalue weighted by molar-refractivity contribution is 7.80. The summed E-state index contributed by atoms with van der Waals surface area (Å²) in [5.41, 5.74) is 1.70. The Morgan fingerprint density at radius 2 is 2.00 bits per heavy atom. The Labute approximate surface area is 137 Å². The first-order valence-corrected chi connectivity index (χ1v) is 7.25. The number of tetrazole rings is 1. The van der Waals surface area contributed by atoms with E-state index in [1.807, 2.05) is 36.4 Å². The number of ether oxygens (including phenoxy) is 1. The van der Waals surface area contributed by atoms with Gasteiger partial charge in [-0.3, -0.25) is 0 Å². The molecule has 1 heterocycles. The first-order chi connectivity index (χ1) is 10.7. The van der Waals surface area contributed by atoms with Crippen LogP contribution in [-0.4, -0.2) is 26.9 Å². The molecule has 2 aromatic carbocycles. The van der Waals surface area contributed by atoms with Crippen molar-refractivity contribution in [2.45, 2.75) is 5.16 Å². The summed E-state index contributed by atoms with van der Waals surface area (Å²) in [7, 11) is 0. The SMILES string of the molecule is Sc1nnnn1-c1cccc(NCOc2ccc(Cl)cc2)c1. The highest BCUT2D eigenvalue weighted by Crippen LogP contribution is 2.17. The molecule has 1 N–H and O–H groups in total. The van der Waals surface area contributed by atoms with Gasteiger partial charge in [-0.1, -0.05) is 17.7 Å². The van der Waals surface area contributed by atoms with Gasteiger partial charge in [-0.15, -0.1) is 17.7 Å². The summed E-state index contributed by atoms with van der Waals surface area (Å²) in [5, 5.41) is 15.5. The van der Waals surface area contributed by atoms with Crippen LogP contribution in [0.15, 0.2) is 53.7 Å². The van der Waals surface area contributed by atoms with Gasteiger partial charge in [0.15, 0.2) is 6.73 Å². The van der Waals surface area contributed by atoms with Gasteiger partial charge in [-0.2, -0.15) is 4.68 Å². The largest absolute Gasteiger partial charge is 0.473 e. The van der Waals surface area contributed by atoms with Gasteiger partial charge < -0.3 is 10.1 Å². The second-order valence-corrected chi connectivity index (χ2v) is 5.20. The van der Waals surface area contributed by atoms with Crippen LogP contribution in [0.1, 0.15) is 0 Å². The van der Waals surface area contributed by atoms with Crippen LogP contribution in [-0.2, 0) is 0 Å². The van der Waals surface area contributed by atoms with E-state index < -0.39 is 0 Å². The van der Waals surface area contributed by atoms with E-state index in [4.69, 9.17) is 16.3 Å². The van der Waals surface area contributed by atoms with Crippen molar-refractivity contribution >= 4 is 29.9 Å². The third kappa shape index (κ3) is 3.49. The molecule has 6 nitrogen and oxygen atoms in total. The average molecular weight is 334 g/mol. The molecule has 0 fully saturated rings. The van der Waals surface area contributed by atoms with Gasteiger partial charge in [-0.05, 0) is 52.9 Å². The number of hydrogen-bond acceptors (Lipinski definition) is 6. The molecule has 0 unspecified atom stereocenters. The summed E-state index contributed by atoms with van der Waals surface area (Å²) >= 11 is 10.0. The van der Waals surface area contributed by atoms with Crippen molar-refractivity contribution in [3.8, 4) is 11.4 Å². The molecule has 22 heavy (non-hydrogen) atoms. The number of halogens is 1. The van der Waals surface area contributed by atoms with Crippen molar-refractivity contribution in [3.63, 3.8) is 0 Å². The lowest BCUT2D eigenvalue weighted by atomic mass is 10.3. The summed E-state index contributed by atoms with van der Waals surface area (Å²) in [6, 6.07) is 14.8. The number of thiol groups is 1. The van der Waals surface area contributed by atoms with Crippen LogP contribution < -0.4 is 10.1 Å². The first-order valence-electron chi connectivity index (χ1n) is 6.42. The van der Waals surface area contributed by atoms with E-state index in [0.29, 0.717) is 16.9 Å². The molecule has 0 saturated heterocycles. The van der Waals surface area contributed by atoms with E-state index in [9.17, 15) is 0 Å². The third-order valence-corrected chi connectivity index (χ3v) is 3.40. The van der Waals surface area contributed by atoms with Crippen LogP contribution in [0.3, 0.4) is 0 Å². The number of nitrogens with zero attached hydrogens (tertiary/aromatic N) is 4. The maximum absolute atomic E-state index is 5.82. The molecule has 1 aromatic heterocycles. The summed E-state index contributed by atoms with van der Waals surface area (Å²) < 4.78 is 7.12. The van der Waals surface area contributed by atoms with Gasteiger partial charge in [0, 0.05) is 10.7 Å². The lowest BCUT2D eigenvalue weighted by molar-refractivity contribution is 0.347. The molecule has 0 spiro atoms. The maximum atomic E-state index is 5.82. The predicted octanol–water partition coefficient (Wildman–Crippen LogP) is 3.05. The van der Waals surface area contributed by atoms with Crippen LogP contribution in [0.4, 0.5) is 5.69 Å². The molecule has 3 aromatic rings. The topological polar surface area (TPSA) is 64.9 Å². The highest BCUT2D eigenvalue weighted by atomic mass is 35.5. The Balaban J connectivity index is 1.63. The summed E-state index contributed by atoms with van der Waals surface area (Å²) in [6.45, 7) is 0.328. The zero-order valence-corrected chi connectivity index (χ0v) is 13.0. The summed E-state index contributed by atoms with van der Waals surface area (Å²) in [5.74, 6) is 0.742. The van der Waals surface area contributed by atoms with Crippen LogP contribution in [0.2, 0.25) is 5.02 Å². The fraction of sp³-hybridized carbons (Fsp3) is 0.0714. The normalized spacial score (nSPS) is 10.5. The van der Waals surface area contributed by atoms with E-state index >= 15 is 0 Å². The first kappa shape index (κ1) is 14.7. The minimum atomic E-state index is 0.328. The monoisotopic (exact) mass is 333 g/mol. The molecule has 0 aliphatic carbocycles. The standard InChI is InChI=1S/C14H12ClN5OS/c15-10-4-6-13(7-5-10)21-9-16-11-2-1-3-12(8-11)20-14(22)17-18-19-20/h1-8,16H,9H2,(H,17,19,22). The molecule has 3 rings (SSSR count). The van der Waals surface area contributed by atoms with E-state index in [0.717, 1.165) is 17.1 Å². The molecule has 0 amide bonds. The third-order valence-electron chi connectivity index (χ3n) is 2.87. The minimum absolute atomic E-state index is 0.328. The smallest absolute Gasteiger partial charge is 0.211 e. The van der Waals surface area contributed by atoms with Gasteiger partial charge in [0.05, 0.1) is 5.69 Å². The quantitative estimate of drug-likeness (QED) is 0.555. The highest BCUT2D eigenvalue weighted by Gasteiger charge is 2.04. The Morgan fingerprint density at radius 1 is 1.18 bits per heavy atom. The lowest BCUT2D eigenvalue weighted by Gasteiger charge is -2.10. The van der Waals surface area contributed by atoms with Gasteiger partial charge in [-0.25, -0.2) is 0 Å². The van der Waals surface area contributed by atoms with Crippen LogP contribution in [0.5, 0.6) is 5.75 Å². The Hall–Kier alpha value is -2.25. The van der Waals surface area contributed by atoms with Gasteiger partial charge >= 0.3 is 0 Å². The number of rotatable bonds is 5. The molecular formula is C14H12ClN5OS. The molecule has 8 heteroatoms. The fourth-order valence-electron chi connectivity index (χ4n) is 1.83. The van der Waals surface area contributed by atoms with Crippen LogP contribution >= 0.6 is 24.2 Å². The molecule has 0 saturated carbocycles. The van der Waals surface area contributed by atoms with Gasteiger partial charge in [0.2, 0.25) is 5.16 Å². The zero-order chi connectivity index (χ0) is 15.4. The van der Waals surface area contributed by atoms with Crippen molar-refractivity contribution in [2.24, 2.45) is 0 Å². The second kappa shape index (κ2) is 6.67. The Bertz CT molecular complexity index is 762. The van der Waals surface area contributed by atoms with E-state index in [1.54, 1.807) is 12.1 Å². The summed E-state index contributed by atoms with van der Waals surface area (Å²) in [6.07, 6.45) is 0. The van der Waals surface area contributed by atoms with Crippen molar-refractivity contribution in [3.05, 3.63) is 53.6 Å². The van der Waals surface area contributed by atoms with Crippen molar-refractivity contribution < 1.29 is 4.74 Å². The minimum Gasteiger partial charge on any atom is -0.473 e.